The van der Waals surface area contributed by atoms with Crippen molar-refractivity contribution in [1.82, 2.24) is 10.3 Å². The number of fused-ring (bicyclic) bond motifs is 1. The monoisotopic (exact) mass is 344 g/mol. The van der Waals surface area contributed by atoms with Crippen LogP contribution >= 0.6 is 11.6 Å². The predicted octanol–water partition coefficient (Wildman–Crippen LogP) is 3.49. The van der Waals surface area contributed by atoms with E-state index in [2.05, 4.69) is 10.3 Å². The van der Waals surface area contributed by atoms with Gasteiger partial charge in [-0.05, 0) is 42.0 Å². The van der Waals surface area contributed by atoms with E-state index in [4.69, 9.17) is 11.6 Å². The molecule has 1 atom stereocenters. The number of aliphatic hydroxyl groups is 1. The molecule has 0 aliphatic rings. The highest BCUT2D eigenvalue weighted by Gasteiger charge is 2.15. The van der Waals surface area contributed by atoms with Gasteiger partial charge in [0.1, 0.15) is 5.82 Å². The Balaban J connectivity index is 1.76. The van der Waals surface area contributed by atoms with E-state index in [9.17, 15) is 14.3 Å². The minimum atomic E-state index is -0.930. The van der Waals surface area contributed by atoms with Crippen LogP contribution in [0.25, 0.3) is 10.9 Å². The molecule has 6 heteroatoms. The fraction of sp³-hybridized carbons (Fsp3) is 0.111. The second kappa shape index (κ2) is 6.95. The van der Waals surface area contributed by atoms with Gasteiger partial charge in [-0.15, -0.1) is 0 Å². The van der Waals surface area contributed by atoms with Gasteiger partial charge in [0.2, 0.25) is 0 Å². The molecule has 3 rings (SSSR count). The van der Waals surface area contributed by atoms with E-state index in [0.29, 0.717) is 27.1 Å². The molecular formula is C18H14ClFN2O2. The molecule has 2 N–H and O–H groups in total. The first-order chi connectivity index (χ1) is 11.6. The van der Waals surface area contributed by atoms with Crippen molar-refractivity contribution in [1.29, 1.82) is 0 Å². The van der Waals surface area contributed by atoms with Crippen LogP contribution in [0.2, 0.25) is 5.02 Å². The molecule has 0 spiro atoms. The summed E-state index contributed by atoms with van der Waals surface area (Å²) in [6.07, 6.45) is 0.657. The molecule has 1 aromatic heterocycles. The van der Waals surface area contributed by atoms with E-state index in [0.717, 1.165) is 0 Å². The number of halogens is 2. The highest BCUT2D eigenvalue weighted by atomic mass is 35.5. The summed E-state index contributed by atoms with van der Waals surface area (Å²) in [7, 11) is 0. The molecular weight excluding hydrogens is 331 g/mol. The number of carbonyl (C=O) groups is 1. The van der Waals surface area contributed by atoms with Crippen molar-refractivity contribution in [3.63, 3.8) is 0 Å². The Bertz CT molecular complexity index is 884. The molecule has 0 bridgehead atoms. The van der Waals surface area contributed by atoms with Gasteiger partial charge in [0.25, 0.3) is 5.91 Å². The highest BCUT2D eigenvalue weighted by Crippen LogP contribution is 2.24. The highest BCUT2D eigenvalue weighted by molar-refractivity contribution is 6.36. The smallest absolute Gasteiger partial charge is 0.253 e. The molecule has 1 heterocycles. The number of hydrogen-bond donors (Lipinski definition) is 2. The molecule has 0 radical (unpaired) electrons. The fourth-order valence-electron chi connectivity index (χ4n) is 2.41. The Morgan fingerprint density at radius 2 is 1.96 bits per heavy atom. The van der Waals surface area contributed by atoms with Crippen LogP contribution in [0.15, 0.2) is 54.7 Å². The molecule has 122 valence electrons. The van der Waals surface area contributed by atoms with Crippen LogP contribution < -0.4 is 5.32 Å². The first kappa shape index (κ1) is 16.4. The number of benzene rings is 2. The first-order valence-corrected chi connectivity index (χ1v) is 7.69. The minimum Gasteiger partial charge on any atom is -0.387 e. The number of nitrogens with zero attached hydrogens (tertiary/aromatic N) is 1. The lowest BCUT2D eigenvalue weighted by molar-refractivity contribution is 0.0917. The number of aromatic nitrogens is 1. The third kappa shape index (κ3) is 3.37. The molecule has 0 aliphatic heterocycles. The van der Waals surface area contributed by atoms with Gasteiger partial charge in [0.15, 0.2) is 0 Å². The van der Waals surface area contributed by atoms with Crippen molar-refractivity contribution in [2.45, 2.75) is 6.10 Å². The Morgan fingerprint density at radius 1 is 1.21 bits per heavy atom. The van der Waals surface area contributed by atoms with Gasteiger partial charge in [0.05, 0.1) is 22.2 Å². The van der Waals surface area contributed by atoms with Crippen molar-refractivity contribution in [3.8, 4) is 0 Å². The van der Waals surface area contributed by atoms with Crippen molar-refractivity contribution >= 4 is 28.4 Å². The average molecular weight is 345 g/mol. The molecule has 3 aromatic rings. The number of rotatable bonds is 4. The summed E-state index contributed by atoms with van der Waals surface area (Å²) in [4.78, 5) is 16.6. The summed E-state index contributed by atoms with van der Waals surface area (Å²) in [5.41, 5.74) is 1.40. The van der Waals surface area contributed by atoms with E-state index < -0.39 is 6.10 Å². The minimum absolute atomic E-state index is 0.00141. The van der Waals surface area contributed by atoms with E-state index in [-0.39, 0.29) is 18.3 Å². The maximum absolute atomic E-state index is 12.9. The van der Waals surface area contributed by atoms with Crippen LogP contribution in [0.4, 0.5) is 4.39 Å². The molecule has 0 fully saturated rings. The van der Waals surface area contributed by atoms with Crippen molar-refractivity contribution in [2.75, 3.05) is 6.54 Å². The number of carbonyl (C=O) groups excluding carboxylic acids is 1. The topological polar surface area (TPSA) is 62.2 Å². The Morgan fingerprint density at radius 3 is 2.71 bits per heavy atom. The van der Waals surface area contributed by atoms with Crippen LogP contribution in [0.3, 0.4) is 0 Å². The van der Waals surface area contributed by atoms with E-state index in [1.54, 1.807) is 30.5 Å². The van der Waals surface area contributed by atoms with Crippen LogP contribution in [0, 0.1) is 5.82 Å². The lowest BCUT2D eigenvalue weighted by Crippen LogP contribution is -2.28. The molecule has 24 heavy (non-hydrogen) atoms. The number of amides is 1. The standard InChI is InChI=1S/C18H14ClFN2O2/c19-15-8-7-14(17-13(15)2-1-9-21-17)18(24)22-10-16(23)11-3-5-12(20)6-4-11/h1-9,16,23H,10H2,(H,22,24). The summed E-state index contributed by atoms with van der Waals surface area (Å²) < 4.78 is 12.9. The quantitative estimate of drug-likeness (QED) is 0.761. The lowest BCUT2D eigenvalue weighted by Gasteiger charge is -2.13. The van der Waals surface area contributed by atoms with Gasteiger partial charge in [-0.25, -0.2) is 4.39 Å². The van der Waals surface area contributed by atoms with Gasteiger partial charge in [-0.1, -0.05) is 23.7 Å². The summed E-state index contributed by atoms with van der Waals surface area (Å²) in [6.45, 7) is 0.00141. The van der Waals surface area contributed by atoms with Crippen molar-refractivity contribution < 1.29 is 14.3 Å². The Kier molecular flexibility index (Phi) is 4.74. The van der Waals surface area contributed by atoms with E-state index >= 15 is 0 Å². The maximum atomic E-state index is 12.9. The molecule has 0 aliphatic carbocycles. The SMILES string of the molecule is O=C(NCC(O)c1ccc(F)cc1)c1ccc(Cl)c2cccnc12. The van der Waals surface area contributed by atoms with Crippen molar-refractivity contribution in [2.24, 2.45) is 0 Å². The number of aliphatic hydroxyl groups excluding tert-OH is 1. The van der Waals surface area contributed by atoms with Gasteiger partial charge < -0.3 is 10.4 Å². The van der Waals surface area contributed by atoms with Crippen LogP contribution in [0.5, 0.6) is 0 Å². The van der Waals surface area contributed by atoms with Crippen molar-refractivity contribution in [3.05, 3.63) is 76.7 Å². The largest absolute Gasteiger partial charge is 0.387 e. The second-order valence-corrected chi connectivity index (χ2v) is 5.68. The van der Waals surface area contributed by atoms with Crippen LogP contribution in [0.1, 0.15) is 22.0 Å². The van der Waals surface area contributed by atoms with Gasteiger partial charge in [-0.2, -0.15) is 0 Å². The van der Waals surface area contributed by atoms with E-state index in [1.807, 2.05) is 0 Å². The maximum Gasteiger partial charge on any atom is 0.253 e. The molecule has 2 aromatic carbocycles. The predicted molar refractivity (Wildman–Crippen MR) is 90.4 cm³/mol. The number of hydrogen-bond acceptors (Lipinski definition) is 3. The summed E-state index contributed by atoms with van der Waals surface area (Å²) in [6, 6.07) is 12.2. The van der Waals surface area contributed by atoms with Gasteiger partial charge in [0, 0.05) is 18.1 Å². The Hall–Kier alpha value is -2.50. The molecule has 1 amide bonds. The fourth-order valence-corrected chi connectivity index (χ4v) is 2.62. The zero-order chi connectivity index (χ0) is 17.1. The second-order valence-electron chi connectivity index (χ2n) is 5.27. The molecule has 1 unspecified atom stereocenters. The molecule has 4 nitrogen and oxygen atoms in total. The summed E-state index contributed by atoms with van der Waals surface area (Å²) >= 11 is 6.11. The third-order valence-corrected chi connectivity index (χ3v) is 4.00. The summed E-state index contributed by atoms with van der Waals surface area (Å²) in [5, 5.41) is 13.9. The van der Waals surface area contributed by atoms with E-state index in [1.165, 1.54) is 24.3 Å². The lowest BCUT2D eigenvalue weighted by atomic mass is 10.1. The molecule has 0 saturated carbocycles. The van der Waals surface area contributed by atoms with Crippen LogP contribution in [-0.4, -0.2) is 22.5 Å². The van der Waals surface area contributed by atoms with Gasteiger partial charge in [-0.3, -0.25) is 9.78 Å². The molecule has 0 saturated heterocycles. The Labute approximate surface area is 142 Å². The third-order valence-electron chi connectivity index (χ3n) is 3.67. The zero-order valence-electron chi connectivity index (χ0n) is 12.5. The average Bonchev–Trinajstić information content (AvgIpc) is 2.60. The number of pyridine rings is 1. The number of nitrogens with one attached hydrogen (secondary N) is 1. The van der Waals surface area contributed by atoms with Crippen LogP contribution in [-0.2, 0) is 0 Å². The summed E-state index contributed by atoms with van der Waals surface area (Å²) in [5.74, 6) is -0.745. The zero-order valence-corrected chi connectivity index (χ0v) is 13.3. The normalized spacial score (nSPS) is 12.1. The van der Waals surface area contributed by atoms with Gasteiger partial charge >= 0.3 is 0 Å². The first-order valence-electron chi connectivity index (χ1n) is 7.31.